The van der Waals surface area contributed by atoms with Crippen LogP contribution in [0.5, 0.6) is 0 Å². The van der Waals surface area contributed by atoms with Crippen LogP contribution < -0.4 is 5.32 Å². The summed E-state index contributed by atoms with van der Waals surface area (Å²) in [5, 5.41) is 20.9. The first-order valence-corrected chi connectivity index (χ1v) is 6.13. The van der Waals surface area contributed by atoms with E-state index in [9.17, 15) is 10.1 Å². The quantitative estimate of drug-likeness (QED) is 0.773. The minimum absolute atomic E-state index is 0.163. The molecule has 2 heterocycles. The van der Waals surface area contributed by atoms with Crippen molar-refractivity contribution in [2.45, 2.75) is 19.4 Å². The minimum Gasteiger partial charge on any atom is -0.481 e. The van der Waals surface area contributed by atoms with Gasteiger partial charge in [0, 0.05) is 30.9 Å². The molecule has 98 valence electrons. The Morgan fingerprint density at radius 3 is 3.05 bits per heavy atom. The molecule has 0 saturated carbocycles. The number of carboxylic acid groups (broad SMARTS) is 1. The molecule has 0 aromatic carbocycles. The minimum atomic E-state index is -0.783. The van der Waals surface area contributed by atoms with Crippen LogP contribution in [0, 0.1) is 11.3 Å². The van der Waals surface area contributed by atoms with Gasteiger partial charge in [0.2, 0.25) is 0 Å². The Kier molecular flexibility index (Phi) is 4.16. The van der Waals surface area contributed by atoms with E-state index in [0.717, 1.165) is 11.1 Å². The molecule has 0 fully saturated rings. The zero-order valence-corrected chi connectivity index (χ0v) is 10.5. The van der Waals surface area contributed by atoms with Crippen LogP contribution in [0.15, 0.2) is 30.6 Å². The lowest BCUT2D eigenvalue weighted by Crippen LogP contribution is -2.15. The molecule has 0 spiro atoms. The fraction of sp³-hybridized carbons (Fsp3) is 0.286. The number of aliphatic carboxylic acids is 1. The smallest absolute Gasteiger partial charge is 0.303 e. The van der Waals surface area contributed by atoms with E-state index in [4.69, 9.17) is 5.11 Å². The van der Waals surface area contributed by atoms with Gasteiger partial charge in [0.25, 0.3) is 0 Å². The van der Waals surface area contributed by atoms with Crippen LogP contribution in [-0.2, 0) is 11.3 Å². The Labute approximate surface area is 111 Å². The fourth-order valence-corrected chi connectivity index (χ4v) is 2.03. The number of carboxylic acids is 1. The van der Waals surface area contributed by atoms with Gasteiger partial charge < -0.3 is 14.8 Å². The Bertz CT molecular complexity index is 625. The first-order valence-electron chi connectivity index (χ1n) is 6.13. The van der Waals surface area contributed by atoms with Crippen LogP contribution >= 0.6 is 0 Å². The second-order valence-corrected chi connectivity index (χ2v) is 4.31. The van der Waals surface area contributed by atoms with Crippen molar-refractivity contribution in [1.82, 2.24) is 9.72 Å². The Morgan fingerprint density at radius 2 is 2.32 bits per heavy atom. The van der Waals surface area contributed by atoms with Gasteiger partial charge in [-0.1, -0.05) is 6.07 Å². The summed E-state index contributed by atoms with van der Waals surface area (Å²) in [6.45, 7) is 1.20. The molecule has 19 heavy (non-hydrogen) atoms. The van der Waals surface area contributed by atoms with Crippen molar-refractivity contribution in [3.63, 3.8) is 0 Å². The highest BCUT2D eigenvalue weighted by Gasteiger charge is 2.09. The molecular formula is C14H15N3O2. The standard InChI is InChI=1S/C14H15N3O2/c15-8-12-11(9-16-6-3-5-14(18)19)10-17-7-2-1-4-13(12)17/h1-2,4,7,10,16H,3,5-6,9H2,(H,18,19). The highest BCUT2D eigenvalue weighted by molar-refractivity contribution is 5.66. The van der Waals surface area contributed by atoms with Gasteiger partial charge in [-0.25, -0.2) is 0 Å². The van der Waals surface area contributed by atoms with Gasteiger partial charge in [0.05, 0.1) is 11.1 Å². The summed E-state index contributed by atoms with van der Waals surface area (Å²) in [7, 11) is 0. The molecule has 0 unspecified atom stereocenters. The molecule has 2 N–H and O–H groups in total. The number of hydrogen-bond acceptors (Lipinski definition) is 3. The lowest BCUT2D eigenvalue weighted by Gasteiger charge is -2.01. The van der Waals surface area contributed by atoms with Gasteiger partial charge in [0.15, 0.2) is 0 Å². The lowest BCUT2D eigenvalue weighted by molar-refractivity contribution is -0.137. The summed E-state index contributed by atoms with van der Waals surface area (Å²) in [6, 6.07) is 7.95. The zero-order valence-electron chi connectivity index (χ0n) is 10.5. The number of fused-ring (bicyclic) bond motifs is 1. The van der Waals surface area contributed by atoms with Gasteiger partial charge >= 0.3 is 5.97 Å². The average Bonchev–Trinajstić information content (AvgIpc) is 2.75. The van der Waals surface area contributed by atoms with Crippen LogP contribution in [0.1, 0.15) is 24.0 Å². The van der Waals surface area contributed by atoms with Crippen LogP contribution in [-0.4, -0.2) is 22.0 Å². The van der Waals surface area contributed by atoms with E-state index in [-0.39, 0.29) is 6.42 Å². The van der Waals surface area contributed by atoms with E-state index in [2.05, 4.69) is 11.4 Å². The molecule has 2 aromatic heterocycles. The third kappa shape index (κ3) is 3.12. The normalized spacial score (nSPS) is 10.5. The molecule has 5 nitrogen and oxygen atoms in total. The molecule has 0 aliphatic heterocycles. The van der Waals surface area contributed by atoms with Crippen LogP contribution in [0.25, 0.3) is 5.52 Å². The molecule has 5 heteroatoms. The van der Waals surface area contributed by atoms with E-state index in [1.165, 1.54) is 0 Å². The van der Waals surface area contributed by atoms with Crippen LogP contribution in [0.4, 0.5) is 0 Å². The molecule has 0 aliphatic carbocycles. The molecule has 2 aromatic rings. The summed E-state index contributed by atoms with van der Waals surface area (Å²) in [4.78, 5) is 10.4. The third-order valence-corrected chi connectivity index (χ3v) is 2.93. The summed E-state index contributed by atoms with van der Waals surface area (Å²) in [5.41, 5.74) is 2.50. The van der Waals surface area contributed by atoms with Crippen LogP contribution in [0.3, 0.4) is 0 Å². The number of rotatable bonds is 6. The molecule has 0 amide bonds. The lowest BCUT2D eigenvalue weighted by atomic mass is 10.2. The maximum absolute atomic E-state index is 10.4. The second-order valence-electron chi connectivity index (χ2n) is 4.31. The van der Waals surface area contributed by atoms with Gasteiger partial charge in [-0.2, -0.15) is 5.26 Å². The number of nitrogens with one attached hydrogen (secondary N) is 1. The second kappa shape index (κ2) is 6.03. The highest BCUT2D eigenvalue weighted by atomic mass is 16.4. The first kappa shape index (κ1) is 13.1. The van der Waals surface area contributed by atoms with E-state index < -0.39 is 5.97 Å². The van der Waals surface area contributed by atoms with Gasteiger partial charge in [0.1, 0.15) is 6.07 Å². The van der Waals surface area contributed by atoms with Crippen molar-refractivity contribution in [2.24, 2.45) is 0 Å². The van der Waals surface area contributed by atoms with E-state index >= 15 is 0 Å². The monoisotopic (exact) mass is 257 g/mol. The molecule has 0 radical (unpaired) electrons. The van der Waals surface area contributed by atoms with Crippen molar-refractivity contribution in [2.75, 3.05) is 6.54 Å². The van der Waals surface area contributed by atoms with Gasteiger partial charge in [-0.3, -0.25) is 4.79 Å². The van der Waals surface area contributed by atoms with Gasteiger partial charge in [-0.15, -0.1) is 0 Å². The summed E-state index contributed by atoms with van der Waals surface area (Å²) >= 11 is 0. The molecule has 0 aliphatic rings. The first-order chi connectivity index (χ1) is 9.22. The Balaban J connectivity index is 2.01. The maximum atomic E-state index is 10.4. The Morgan fingerprint density at radius 1 is 1.47 bits per heavy atom. The number of nitriles is 1. The summed E-state index contributed by atoms with van der Waals surface area (Å²) in [5.74, 6) is -0.783. The van der Waals surface area contributed by atoms with E-state index in [0.29, 0.717) is 25.1 Å². The predicted molar refractivity (Wildman–Crippen MR) is 70.7 cm³/mol. The largest absolute Gasteiger partial charge is 0.481 e. The summed E-state index contributed by atoms with van der Waals surface area (Å²) < 4.78 is 1.92. The molecule has 0 atom stereocenters. The SMILES string of the molecule is N#Cc1c(CNCCCC(=O)O)cn2ccccc12. The highest BCUT2D eigenvalue weighted by Crippen LogP contribution is 2.17. The maximum Gasteiger partial charge on any atom is 0.303 e. The zero-order chi connectivity index (χ0) is 13.7. The van der Waals surface area contributed by atoms with Crippen molar-refractivity contribution in [1.29, 1.82) is 5.26 Å². The molecule has 0 saturated heterocycles. The third-order valence-electron chi connectivity index (χ3n) is 2.93. The average molecular weight is 257 g/mol. The van der Waals surface area contributed by atoms with Crippen LogP contribution in [0.2, 0.25) is 0 Å². The topological polar surface area (TPSA) is 77.5 Å². The number of carbonyl (C=O) groups is 1. The van der Waals surface area contributed by atoms with Crippen molar-refractivity contribution in [3.05, 3.63) is 41.7 Å². The Hall–Kier alpha value is -2.32. The fourth-order valence-electron chi connectivity index (χ4n) is 2.03. The van der Waals surface area contributed by atoms with Crippen molar-refractivity contribution in [3.8, 4) is 6.07 Å². The number of nitrogens with zero attached hydrogens (tertiary/aromatic N) is 2. The van der Waals surface area contributed by atoms with E-state index in [1.807, 2.05) is 35.0 Å². The molecular weight excluding hydrogens is 242 g/mol. The predicted octanol–water partition coefficient (Wildman–Crippen LogP) is 1.77. The number of aromatic nitrogens is 1. The number of pyridine rings is 1. The van der Waals surface area contributed by atoms with Gasteiger partial charge in [-0.05, 0) is 25.1 Å². The number of hydrogen-bond donors (Lipinski definition) is 2. The van der Waals surface area contributed by atoms with Crippen molar-refractivity contribution < 1.29 is 9.90 Å². The van der Waals surface area contributed by atoms with E-state index in [1.54, 1.807) is 0 Å². The molecule has 0 bridgehead atoms. The summed E-state index contributed by atoms with van der Waals surface area (Å²) in [6.07, 6.45) is 4.59. The molecule has 2 rings (SSSR count). The van der Waals surface area contributed by atoms with Crippen molar-refractivity contribution >= 4 is 11.5 Å².